The molecule has 0 unspecified atom stereocenters. The molecule has 126 valence electrons. The van der Waals surface area contributed by atoms with Gasteiger partial charge in [-0.15, -0.1) is 11.8 Å². The number of amides is 1. The Morgan fingerprint density at radius 3 is 2.91 bits per heavy atom. The Morgan fingerprint density at radius 1 is 1.43 bits per heavy atom. The number of carbonyl (C=O) groups is 2. The summed E-state index contributed by atoms with van der Waals surface area (Å²) < 4.78 is 5.64. The summed E-state index contributed by atoms with van der Waals surface area (Å²) in [7, 11) is 0. The molecule has 3 fully saturated rings. The molecular weight excluding hydrogens is 310 g/mol. The number of rotatable bonds is 3. The largest absolute Gasteiger partial charge is 0.460 e. The molecule has 0 radical (unpaired) electrons. The van der Waals surface area contributed by atoms with Gasteiger partial charge in [0, 0.05) is 12.2 Å². The number of hydrogen-bond donors (Lipinski definition) is 0. The molecule has 2 saturated heterocycles. The van der Waals surface area contributed by atoms with Crippen LogP contribution in [0.5, 0.6) is 0 Å². The molecule has 3 aliphatic carbocycles. The molecule has 0 aromatic heterocycles. The van der Waals surface area contributed by atoms with Crippen LogP contribution in [0.15, 0.2) is 11.6 Å². The second-order valence-electron chi connectivity index (χ2n) is 8.19. The van der Waals surface area contributed by atoms with E-state index in [4.69, 9.17) is 4.74 Å². The highest BCUT2D eigenvalue weighted by atomic mass is 32.2. The molecule has 0 aromatic rings. The van der Waals surface area contributed by atoms with E-state index in [0.717, 1.165) is 18.8 Å². The lowest BCUT2D eigenvalue weighted by molar-refractivity contribution is -0.153. The van der Waals surface area contributed by atoms with Crippen molar-refractivity contribution >= 4 is 23.6 Å². The van der Waals surface area contributed by atoms with Crippen LogP contribution in [-0.2, 0) is 14.3 Å². The first-order valence-corrected chi connectivity index (χ1v) is 9.63. The van der Waals surface area contributed by atoms with Crippen molar-refractivity contribution in [2.75, 3.05) is 12.4 Å². The highest BCUT2D eigenvalue weighted by molar-refractivity contribution is 8.01. The maximum absolute atomic E-state index is 12.5. The SMILES string of the molecule is CC1(C)[C@H]2CC=C(COC(=O)[C@@H]3CS[C@]4(C)CCC(=O)N34)[C@@H]1C2. The van der Waals surface area contributed by atoms with Gasteiger partial charge in [0.25, 0.3) is 0 Å². The molecule has 5 rings (SSSR count). The lowest BCUT2D eigenvalue weighted by Gasteiger charge is -2.56. The van der Waals surface area contributed by atoms with Gasteiger partial charge < -0.3 is 9.64 Å². The van der Waals surface area contributed by atoms with E-state index in [0.29, 0.717) is 30.1 Å². The number of allylic oxidation sites excluding steroid dienone is 1. The Labute approximate surface area is 142 Å². The Balaban J connectivity index is 1.40. The maximum atomic E-state index is 12.5. The summed E-state index contributed by atoms with van der Waals surface area (Å²) in [5, 5.41) is 0. The molecule has 2 bridgehead atoms. The van der Waals surface area contributed by atoms with Crippen molar-refractivity contribution in [3.05, 3.63) is 11.6 Å². The summed E-state index contributed by atoms with van der Waals surface area (Å²) in [6.07, 6.45) is 6.00. The van der Waals surface area contributed by atoms with Gasteiger partial charge >= 0.3 is 5.97 Å². The summed E-state index contributed by atoms with van der Waals surface area (Å²) in [6, 6.07) is -0.397. The van der Waals surface area contributed by atoms with Crippen molar-refractivity contribution < 1.29 is 14.3 Å². The van der Waals surface area contributed by atoms with E-state index in [1.54, 1.807) is 16.7 Å². The molecule has 1 amide bonds. The van der Waals surface area contributed by atoms with Crippen LogP contribution >= 0.6 is 11.8 Å². The summed E-state index contributed by atoms with van der Waals surface area (Å²) in [5.41, 5.74) is 1.63. The normalized spacial score (nSPS) is 40.5. The van der Waals surface area contributed by atoms with E-state index < -0.39 is 6.04 Å². The van der Waals surface area contributed by atoms with Crippen LogP contribution in [0.2, 0.25) is 0 Å². The molecule has 23 heavy (non-hydrogen) atoms. The van der Waals surface area contributed by atoms with Crippen molar-refractivity contribution in [2.45, 2.75) is 57.4 Å². The molecule has 0 aromatic carbocycles. The fraction of sp³-hybridized carbons (Fsp3) is 0.778. The van der Waals surface area contributed by atoms with Gasteiger partial charge in [-0.25, -0.2) is 4.79 Å². The molecule has 1 saturated carbocycles. The third-order valence-corrected chi connectivity index (χ3v) is 8.19. The fourth-order valence-electron chi connectivity index (χ4n) is 4.89. The monoisotopic (exact) mass is 335 g/mol. The van der Waals surface area contributed by atoms with Crippen LogP contribution in [0.3, 0.4) is 0 Å². The molecule has 2 heterocycles. The van der Waals surface area contributed by atoms with Gasteiger partial charge in [-0.05, 0) is 49.0 Å². The summed E-state index contributed by atoms with van der Waals surface area (Å²) >= 11 is 1.71. The van der Waals surface area contributed by atoms with E-state index in [1.807, 2.05) is 0 Å². The number of esters is 1. The quantitative estimate of drug-likeness (QED) is 0.588. The molecule has 0 spiro atoms. The number of fused-ring (bicyclic) bond motifs is 2. The van der Waals surface area contributed by atoms with Crippen LogP contribution in [0.1, 0.15) is 46.5 Å². The lowest BCUT2D eigenvalue weighted by atomic mass is 9.49. The molecule has 2 aliphatic heterocycles. The van der Waals surface area contributed by atoms with Crippen molar-refractivity contribution in [1.82, 2.24) is 4.90 Å². The molecule has 4 atom stereocenters. The maximum Gasteiger partial charge on any atom is 0.330 e. The van der Waals surface area contributed by atoms with Gasteiger partial charge in [0.2, 0.25) is 5.91 Å². The van der Waals surface area contributed by atoms with E-state index in [-0.39, 0.29) is 16.7 Å². The Bertz CT molecular complexity index is 599. The van der Waals surface area contributed by atoms with E-state index >= 15 is 0 Å². The van der Waals surface area contributed by atoms with Gasteiger partial charge in [-0.1, -0.05) is 19.9 Å². The van der Waals surface area contributed by atoms with Gasteiger partial charge in [0.1, 0.15) is 12.6 Å². The van der Waals surface area contributed by atoms with E-state index in [9.17, 15) is 9.59 Å². The highest BCUT2D eigenvalue weighted by Crippen LogP contribution is 2.59. The minimum Gasteiger partial charge on any atom is -0.460 e. The first-order chi connectivity index (χ1) is 10.8. The first-order valence-electron chi connectivity index (χ1n) is 8.64. The summed E-state index contributed by atoms with van der Waals surface area (Å²) in [6.45, 7) is 7.11. The fourth-order valence-corrected chi connectivity index (χ4v) is 6.30. The molecular formula is C18H25NO3S. The zero-order valence-corrected chi connectivity index (χ0v) is 14.9. The number of hydrogen-bond acceptors (Lipinski definition) is 4. The third kappa shape index (κ3) is 2.19. The smallest absolute Gasteiger partial charge is 0.330 e. The molecule has 5 aliphatic rings. The highest BCUT2D eigenvalue weighted by Gasteiger charge is 2.54. The second kappa shape index (κ2) is 5.01. The minimum absolute atomic E-state index is 0.0966. The van der Waals surface area contributed by atoms with Crippen molar-refractivity contribution in [3.8, 4) is 0 Å². The molecule has 4 nitrogen and oxygen atoms in total. The Morgan fingerprint density at radius 2 is 2.22 bits per heavy atom. The van der Waals surface area contributed by atoms with Gasteiger partial charge in [-0.3, -0.25) is 4.79 Å². The van der Waals surface area contributed by atoms with Gasteiger partial charge in [-0.2, -0.15) is 0 Å². The van der Waals surface area contributed by atoms with Crippen molar-refractivity contribution in [2.24, 2.45) is 17.3 Å². The molecule has 5 heteroatoms. The van der Waals surface area contributed by atoms with E-state index in [2.05, 4.69) is 26.8 Å². The van der Waals surface area contributed by atoms with Gasteiger partial charge in [0.05, 0.1) is 4.87 Å². The van der Waals surface area contributed by atoms with E-state index in [1.165, 1.54) is 12.0 Å². The van der Waals surface area contributed by atoms with Crippen LogP contribution in [-0.4, -0.2) is 40.0 Å². The van der Waals surface area contributed by atoms with Gasteiger partial charge in [0.15, 0.2) is 0 Å². The van der Waals surface area contributed by atoms with Crippen LogP contribution in [0, 0.1) is 17.3 Å². The van der Waals surface area contributed by atoms with Crippen molar-refractivity contribution in [1.29, 1.82) is 0 Å². The standard InChI is InChI=1S/C18H25NO3S/c1-17(2)12-5-4-11(13(17)8-12)9-22-16(21)14-10-23-18(3)7-6-15(20)19(14)18/h4,12-14H,5-10H2,1-3H3/t12-,13-,14-,18+/m0/s1. The number of thioether (sulfide) groups is 1. The van der Waals surface area contributed by atoms with Crippen LogP contribution in [0.25, 0.3) is 0 Å². The Hall–Kier alpha value is -0.970. The zero-order chi connectivity index (χ0) is 16.4. The minimum atomic E-state index is -0.397. The average Bonchev–Trinajstić information content (AvgIpc) is 3.01. The zero-order valence-electron chi connectivity index (χ0n) is 14.1. The number of carbonyl (C=O) groups excluding carboxylic acids is 2. The molecule has 0 N–H and O–H groups in total. The predicted molar refractivity (Wildman–Crippen MR) is 89.8 cm³/mol. The number of nitrogens with zero attached hydrogens (tertiary/aromatic N) is 1. The van der Waals surface area contributed by atoms with Crippen LogP contribution < -0.4 is 0 Å². The predicted octanol–water partition coefficient (Wildman–Crippen LogP) is 2.98. The van der Waals surface area contributed by atoms with Crippen LogP contribution in [0.4, 0.5) is 0 Å². The lowest BCUT2D eigenvalue weighted by Crippen LogP contribution is -2.49. The second-order valence-corrected chi connectivity index (χ2v) is 9.70. The Kier molecular flexibility index (Phi) is 3.39. The topological polar surface area (TPSA) is 46.6 Å². The van der Waals surface area contributed by atoms with Crippen molar-refractivity contribution in [3.63, 3.8) is 0 Å². The number of ether oxygens (including phenoxy) is 1. The average molecular weight is 335 g/mol. The summed E-state index contributed by atoms with van der Waals surface area (Å²) in [4.78, 5) is 26.2. The first kappa shape index (κ1) is 15.6. The summed E-state index contributed by atoms with van der Waals surface area (Å²) in [5.74, 6) is 1.89. The third-order valence-electron chi connectivity index (χ3n) is 6.68.